The maximum absolute atomic E-state index is 12.2. The van der Waals surface area contributed by atoms with Crippen LogP contribution in [0.1, 0.15) is 21.5 Å². The number of carboxylic acids is 1. The van der Waals surface area contributed by atoms with Crippen LogP contribution in [0.5, 0.6) is 5.75 Å². The summed E-state index contributed by atoms with van der Waals surface area (Å²) in [7, 11) is 1.49. The molecule has 2 aromatic rings. The largest absolute Gasteiger partial charge is 1.00 e. The van der Waals surface area contributed by atoms with Gasteiger partial charge in [0.05, 0.1) is 12.7 Å². The summed E-state index contributed by atoms with van der Waals surface area (Å²) in [5.74, 6) is -0.906. The quantitative estimate of drug-likeness (QED) is 0.610. The third-order valence-corrected chi connectivity index (χ3v) is 3.71. The second-order valence-electron chi connectivity index (χ2n) is 5.22. The molecule has 0 radical (unpaired) electrons. The topological polar surface area (TPSA) is 78.5 Å². The van der Waals surface area contributed by atoms with Crippen molar-refractivity contribution in [2.45, 2.75) is 12.8 Å². The van der Waals surface area contributed by atoms with Gasteiger partial charge in [-0.3, -0.25) is 4.79 Å². The van der Waals surface area contributed by atoms with Gasteiger partial charge in [0.25, 0.3) is 5.91 Å². The molecule has 1 amide bonds. The summed E-state index contributed by atoms with van der Waals surface area (Å²) in [6.07, 6.45) is 0.520. The number of carboxylic acid groups (broad SMARTS) is 1. The molecule has 0 atom stereocenters. The molecule has 126 valence electrons. The van der Waals surface area contributed by atoms with E-state index in [2.05, 4.69) is 5.32 Å². The van der Waals surface area contributed by atoms with E-state index in [-0.39, 0.29) is 41.9 Å². The second-order valence-corrected chi connectivity index (χ2v) is 5.65. The summed E-state index contributed by atoms with van der Waals surface area (Å²) in [6.45, 7) is 0.439. The molecule has 0 aromatic heterocycles. The Hall–Kier alpha value is -1.53. The molecule has 2 rings (SSSR count). The summed E-state index contributed by atoms with van der Waals surface area (Å²) in [5.41, 5.74) is 2.07. The Kier molecular flexibility index (Phi) is 9.00. The van der Waals surface area contributed by atoms with Crippen molar-refractivity contribution in [3.05, 3.63) is 64.2 Å². The van der Waals surface area contributed by atoms with Gasteiger partial charge in [-0.15, -0.1) is 0 Å². The monoisotopic (exact) mass is 369 g/mol. The van der Waals surface area contributed by atoms with Crippen LogP contribution in [0, 0.1) is 0 Å². The molecule has 0 bridgehead atoms. The Morgan fingerprint density at radius 3 is 2.36 bits per heavy atom. The predicted molar refractivity (Wildman–Crippen MR) is 89.2 cm³/mol. The first kappa shape index (κ1) is 21.5. The molecular formula is C18H17ClNNaO4. The first-order valence-electron chi connectivity index (χ1n) is 7.39. The molecule has 0 fully saturated rings. The first-order chi connectivity index (χ1) is 11.5. The molecular weight excluding hydrogens is 353 g/mol. The normalized spacial score (nSPS) is 9.84. The number of carbonyl (C=O) groups is 2. The van der Waals surface area contributed by atoms with Crippen molar-refractivity contribution < 1.29 is 49.0 Å². The molecule has 0 unspecified atom stereocenters. The van der Waals surface area contributed by atoms with Crippen molar-refractivity contribution in [2.75, 3.05) is 13.7 Å². The minimum atomic E-state index is -1.11. The zero-order valence-electron chi connectivity index (χ0n) is 14.2. The van der Waals surface area contributed by atoms with E-state index in [9.17, 15) is 14.7 Å². The number of ether oxygens (including phenoxy) is 1. The number of methoxy groups -OCH3 is 1. The van der Waals surface area contributed by atoms with Gasteiger partial charge in [0.15, 0.2) is 0 Å². The van der Waals surface area contributed by atoms with Crippen molar-refractivity contribution >= 4 is 23.5 Å². The van der Waals surface area contributed by atoms with Gasteiger partial charge in [0.1, 0.15) is 5.75 Å². The van der Waals surface area contributed by atoms with Gasteiger partial charge in [-0.2, -0.15) is 0 Å². The maximum atomic E-state index is 12.2. The zero-order chi connectivity index (χ0) is 17.5. The predicted octanol–water partition coefficient (Wildman–Crippen LogP) is -1.38. The van der Waals surface area contributed by atoms with Gasteiger partial charge in [-0.05, 0) is 35.7 Å². The molecule has 0 aliphatic rings. The maximum Gasteiger partial charge on any atom is 1.00 e. The van der Waals surface area contributed by atoms with Crippen LogP contribution in [0.3, 0.4) is 0 Å². The molecule has 0 heterocycles. The molecule has 1 N–H and O–H groups in total. The van der Waals surface area contributed by atoms with Crippen LogP contribution < -0.4 is 44.7 Å². The van der Waals surface area contributed by atoms with E-state index < -0.39 is 5.97 Å². The summed E-state index contributed by atoms with van der Waals surface area (Å²) >= 11 is 5.92. The van der Waals surface area contributed by atoms with Gasteiger partial charge in [-0.25, -0.2) is 0 Å². The molecule has 0 saturated heterocycles. The number of carbonyl (C=O) groups excluding carboxylic acids is 2. The number of hydrogen-bond donors (Lipinski definition) is 1. The smallest absolute Gasteiger partial charge is 0.550 e. The third-order valence-electron chi connectivity index (χ3n) is 3.48. The standard InChI is InChI=1S/C18H18ClNO4.Na/c1-24-16-7-6-14(19)11-15(16)18(23)20-9-8-12-2-4-13(5-3-12)10-17(21)22;/h2-7,11H,8-10H2,1H3,(H,20,23)(H,21,22);/q;+1/p-1. The number of benzene rings is 2. The van der Waals surface area contributed by atoms with Crippen LogP contribution >= 0.6 is 11.6 Å². The number of rotatable bonds is 7. The zero-order valence-corrected chi connectivity index (χ0v) is 16.9. The summed E-state index contributed by atoms with van der Waals surface area (Å²) in [5, 5.41) is 13.8. The Labute approximate surface area is 173 Å². The average molecular weight is 370 g/mol. The Morgan fingerprint density at radius 2 is 1.76 bits per heavy atom. The fraction of sp³-hybridized carbons (Fsp3) is 0.222. The number of amides is 1. The summed E-state index contributed by atoms with van der Waals surface area (Å²) in [6, 6.07) is 12.0. The molecule has 0 spiro atoms. The van der Waals surface area contributed by atoms with E-state index in [1.165, 1.54) is 7.11 Å². The molecule has 5 nitrogen and oxygen atoms in total. The Bertz CT molecular complexity index is 734. The molecule has 25 heavy (non-hydrogen) atoms. The van der Waals surface area contributed by atoms with Crippen molar-refractivity contribution in [1.29, 1.82) is 0 Å². The van der Waals surface area contributed by atoms with E-state index in [0.717, 1.165) is 5.56 Å². The van der Waals surface area contributed by atoms with Gasteiger partial charge in [-0.1, -0.05) is 35.9 Å². The van der Waals surface area contributed by atoms with Crippen molar-refractivity contribution in [3.63, 3.8) is 0 Å². The Morgan fingerprint density at radius 1 is 1.12 bits per heavy atom. The minimum Gasteiger partial charge on any atom is -0.550 e. The second kappa shape index (κ2) is 10.5. The van der Waals surface area contributed by atoms with Gasteiger partial charge >= 0.3 is 29.6 Å². The summed E-state index contributed by atoms with van der Waals surface area (Å²) < 4.78 is 5.16. The number of nitrogens with one attached hydrogen (secondary N) is 1. The van der Waals surface area contributed by atoms with Gasteiger partial charge in [0, 0.05) is 24.0 Å². The molecule has 0 saturated carbocycles. The van der Waals surface area contributed by atoms with Crippen LogP contribution in [0.15, 0.2) is 42.5 Å². The number of aliphatic carboxylic acids is 1. The van der Waals surface area contributed by atoms with Crippen LogP contribution in [-0.2, 0) is 17.6 Å². The fourth-order valence-corrected chi connectivity index (χ4v) is 2.44. The van der Waals surface area contributed by atoms with E-state index >= 15 is 0 Å². The van der Waals surface area contributed by atoms with E-state index in [1.807, 2.05) is 12.1 Å². The molecule has 0 aliphatic heterocycles. The minimum absolute atomic E-state index is 0. The van der Waals surface area contributed by atoms with E-state index in [4.69, 9.17) is 16.3 Å². The van der Waals surface area contributed by atoms with Crippen LogP contribution in [0.25, 0.3) is 0 Å². The van der Waals surface area contributed by atoms with Crippen molar-refractivity contribution in [1.82, 2.24) is 5.32 Å². The molecule has 2 aromatic carbocycles. The third kappa shape index (κ3) is 6.71. The van der Waals surface area contributed by atoms with E-state index in [0.29, 0.717) is 34.9 Å². The molecule has 0 aliphatic carbocycles. The van der Waals surface area contributed by atoms with Crippen LogP contribution in [0.2, 0.25) is 5.02 Å². The van der Waals surface area contributed by atoms with Gasteiger partial charge in [0.2, 0.25) is 0 Å². The van der Waals surface area contributed by atoms with Crippen molar-refractivity contribution in [3.8, 4) is 5.75 Å². The number of hydrogen-bond acceptors (Lipinski definition) is 4. The van der Waals surface area contributed by atoms with Crippen LogP contribution in [-0.4, -0.2) is 25.5 Å². The fourth-order valence-electron chi connectivity index (χ4n) is 2.26. The average Bonchev–Trinajstić information content (AvgIpc) is 2.56. The van der Waals surface area contributed by atoms with Gasteiger partial charge < -0.3 is 20.0 Å². The van der Waals surface area contributed by atoms with Crippen LogP contribution in [0.4, 0.5) is 0 Å². The SMILES string of the molecule is COc1ccc(Cl)cc1C(=O)NCCc1ccc(CC(=O)[O-])cc1.[Na+]. The van der Waals surface area contributed by atoms with Crippen molar-refractivity contribution in [2.24, 2.45) is 0 Å². The first-order valence-corrected chi connectivity index (χ1v) is 7.77. The molecule has 7 heteroatoms. The number of halogens is 1. The van der Waals surface area contributed by atoms with E-state index in [1.54, 1.807) is 30.3 Å². The Balaban J connectivity index is 0.00000312. The summed E-state index contributed by atoms with van der Waals surface area (Å²) in [4.78, 5) is 22.8.